The summed E-state index contributed by atoms with van der Waals surface area (Å²) in [5.41, 5.74) is 4.27. The van der Waals surface area contributed by atoms with Crippen LogP contribution in [-0.4, -0.2) is 59.0 Å². The predicted octanol–water partition coefficient (Wildman–Crippen LogP) is 6.22. The molecule has 0 aliphatic carbocycles. The molecule has 2 aromatic heterocycles. The number of phenols is 1. The summed E-state index contributed by atoms with van der Waals surface area (Å²) >= 11 is 6.02. The van der Waals surface area contributed by atoms with Crippen LogP contribution in [0.4, 0.5) is 21.6 Å². The standard InChI is InChI=1S/C28H27ClFN5O2.ClH/c1-16-26(17(2)36)27(33-20-5-7-25(31-15-20)35-10-8-34(3)9-11-35)21-12-18(4-6-24(21)32-16)19-13-22(29)28(37)23(30)14-19;/h4-7,12-15,37H,8-11H2,1-3H3,(H,32,33);1H. The van der Waals surface area contributed by atoms with Crippen LogP contribution in [0.1, 0.15) is 23.0 Å². The van der Waals surface area contributed by atoms with Gasteiger partial charge in [-0.15, -0.1) is 12.4 Å². The summed E-state index contributed by atoms with van der Waals surface area (Å²) in [4.78, 5) is 26.5. The molecule has 38 heavy (non-hydrogen) atoms. The van der Waals surface area contributed by atoms with Crippen LogP contribution in [0.5, 0.6) is 5.75 Å². The van der Waals surface area contributed by atoms with E-state index in [1.807, 2.05) is 24.3 Å². The zero-order valence-electron chi connectivity index (χ0n) is 21.3. The number of aromatic hydroxyl groups is 1. The van der Waals surface area contributed by atoms with Crippen molar-refractivity contribution in [1.29, 1.82) is 0 Å². The van der Waals surface area contributed by atoms with Crippen LogP contribution >= 0.6 is 24.0 Å². The van der Waals surface area contributed by atoms with Crippen molar-refractivity contribution < 1.29 is 14.3 Å². The highest BCUT2D eigenvalue weighted by Gasteiger charge is 2.19. The Hall–Kier alpha value is -3.46. The van der Waals surface area contributed by atoms with E-state index in [0.717, 1.165) is 37.7 Å². The van der Waals surface area contributed by atoms with E-state index in [1.165, 1.54) is 19.1 Å². The van der Waals surface area contributed by atoms with E-state index in [9.17, 15) is 14.3 Å². The second kappa shape index (κ2) is 11.1. The maximum atomic E-state index is 14.2. The van der Waals surface area contributed by atoms with Gasteiger partial charge in [-0.3, -0.25) is 9.78 Å². The lowest BCUT2D eigenvalue weighted by Crippen LogP contribution is -2.44. The number of benzene rings is 2. The summed E-state index contributed by atoms with van der Waals surface area (Å²) < 4.78 is 14.2. The van der Waals surface area contributed by atoms with Crippen molar-refractivity contribution in [1.82, 2.24) is 14.9 Å². The third-order valence-electron chi connectivity index (χ3n) is 6.71. The van der Waals surface area contributed by atoms with Crippen LogP contribution < -0.4 is 10.2 Å². The summed E-state index contributed by atoms with van der Waals surface area (Å²) in [5.74, 6) is -0.605. The number of aromatic nitrogens is 2. The summed E-state index contributed by atoms with van der Waals surface area (Å²) in [6, 6.07) is 12.1. The monoisotopic (exact) mass is 555 g/mol. The molecule has 3 heterocycles. The molecule has 1 fully saturated rings. The maximum Gasteiger partial charge on any atom is 0.170 e. The maximum absolute atomic E-state index is 14.2. The van der Waals surface area contributed by atoms with E-state index in [4.69, 9.17) is 11.6 Å². The molecular formula is C28H28Cl2FN5O2. The Kier molecular flexibility index (Phi) is 8.06. The van der Waals surface area contributed by atoms with Gasteiger partial charge < -0.3 is 20.2 Å². The molecule has 0 atom stereocenters. The Balaban J connectivity index is 0.00000336. The summed E-state index contributed by atoms with van der Waals surface area (Å²) in [6.07, 6.45) is 1.76. The zero-order valence-corrected chi connectivity index (χ0v) is 22.8. The molecule has 2 N–H and O–H groups in total. The number of likely N-dealkylation sites (N-methyl/N-ethyl adjacent to an activating group) is 1. The van der Waals surface area contributed by atoms with Crippen molar-refractivity contribution in [2.45, 2.75) is 13.8 Å². The second-order valence-electron chi connectivity index (χ2n) is 9.34. The fourth-order valence-electron chi connectivity index (χ4n) is 4.69. The summed E-state index contributed by atoms with van der Waals surface area (Å²) in [6.45, 7) is 7.13. The third-order valence-corrected chi connectivity index (χ3v) is 7.00. The molecule has 2 aromatic carbocycles. The Labute approximate surface area is 231 Å². The van der Waals surface area contributed by atoms with Crippen LogP contribution in [0.25, 0.3) is 22.0 Å². The number of piperazine rings is 1. The van der Waals surface area contributed by atoms with Gasteiger partial charge in [0.2, 0.25) is 0 Å². The largest absolute Gasteiger partial charge is 0.504 e. The number of phenolic OH excluding ortho intramolecular Hbond substituents is 1. The lowest BCUT2D eigenvalue weighted by molar-refractivity contribution is 0.101. The number of fused-ring (bicyclic) bond motifs is 1. The van der Waals surface area contributed by atoms with E-state index < -0.39 is 11.6 Å². The van der Waals surface area contributed by atoms with Crippen LogP contribution in [0, 0.1) is 12.7 Å². The lowest BCUT2D eigenvalue weighted by Gasteiger charge is -2.33. The van der Waals surface area contributed by atoms with Gasteiger partial charge in [-0.25, -0.2) is 9.37 Å². The van der Waals surface area contributed by atoms with Gasteiger partial charge in [-0.2, -0.15) is 0 Å². The summed E-state index contributed by atoms with van der Waals surface area (Å²) in [5, 5.41) is 13.7. The number of nitrogens with zero attached hydrogens (tertiary/aromatic N) is 4. The molecule has 1 aliphatic rings. The van der Waals surface area contributed by atoms with Gasteiger partial charge in [0.15, 0.2) is 17.3 Å². The molecule has 5 rings (SSSR count). The van der Waals surface area contributed by atoms with Crippen molar-refractivity contribution in [3.8, 4) is 16.9 Å². The quantitative estimate of drug-likeness (QED) is 0.283. The number of pyridine rings is 2. The van der Waals surface area contributed by atoms with Crippen molar-refractivity contribution in [3.63, 3.8) is 0 Å². The predicted molar refractivity (Wildman–Crippen MR) is 153 cm³/mol. The number of aryl methyl sites for hydroxylation is 1. The van der Waals surface area contributed by atoms with Gasteiger partial charge >= 0.3 is 0 Å². The van der Waals surface area contributed by atoms with Gasteiger partial charge in [0.25, 0.3) is 0 Å². The van der Waals surface area contributed by atoms with Gasteiger partial charge in [0.1, 0.15) is 5.82 Å². The molecule has 7 nitrogen and oxygen atoms in total. The molecular weight excluding hydrogens is 528 g/mol. The van der Waals surface area contributed by atoms with Gasteiger partial charge in [0, 0.05) is 31.6 Å². The Bertz CT molecular complexity index is 1480. The fraction of sp³-hybridized carbons (Fsp3) is 0.250. The van der Waals surface area contributed by atoms with E-state index in [-0.39, 0.29) is 23.2 Å². The van der Waals surface area contributed by atoms with E-state index in [0.29, 0.717) is 39.0 Å². The highest BCUT2D eigenvalue weighted by atomic mass is 35.5. The number of nitrogens with one attached hydrogen (secondary N) is 1. The van der Waals surface area contributed by atoms with E-state index in [2.05, 4.69) is 32.1 Å². The van der Waals surface area contributed by atoms with Gasteiger partial charge in [-0.1, -0.05) is 17.7 Å². The highest BCUT2D eigenvalue weighted by molar-refractivity contribution is 6.32. The number of carbonyl (C=O) groups is 1. The highest BCUT2D eigenvalue weighted by Crippen LogP contribution is 2.37. The first-order valence-corrected chi connectivity index (χ1v) is 12.4. The minimum Gasteiger partial charge on any atom is -0.504 e. The minimum atomic E-state index is -0.807. The topological polar surface area (TPSA) is 81.6 Å². The first-order valence-electron chi connectivity index (χ1n) is 12.0. The molecule has 0 bridgehead atoms. The molecule has 0 radical (unpaired) electrons. The molecule has 0 spiro atoms. The molecule has 1 aliphatic heterocycles. The number of hydrogen-bond acceptors (Lipinski definition) is 7. The van der Waals surface area contributed by atoms with Gasteiger partial charge in [0.05, 0.1) is 39.4 Å². The SMILES string of the molecule is CC(=O)c1c(C)nc2ccc(-c3cc(F)c(O)c(Cl)c3)cc2c1Nc1ccc(N2CCN(C)CC2)nc1.Cl. The number of ketones is 1. The van der Waals surface area contributed by atoms with Crippen LogP contribution in [0.2, 0.25) is 5.02 Å². The van der Waals surface area contributed by atoms with Crippen LogP contribution in [-0.2, 0) is 0 Å². The third kappa shape index (κ3) is 5.38. The molecule has 4 aromatic rings. The van der Waals surface area contributed by atoms with Crippen LogP contribution in [0.3, 0.4) is 0 Å². The number of hydrogen-bond donors (Lipinski definition) is 2. The average Bonchev–Trinajstić information content (AvgIpc) is 2.87. The molecule has 10 heteroatoms. The minimum absolute atomic E-state index is 0. The average molecular weight is 556 g/mol. The smallest absolute Gasteiger partial charge is 0.170 e. The molecule has 0 amide bonds. The van der Waals surface area contributed by atoms with Crippen molar-refractivity contribution in [3.05, 3.63) is 70.8 Å². The van der Waals surface area contributed by atoms with E-state index in [1.54, 1.807) is 19.2 Å². The Morgan fingerprint density at radius 1 is 1.08 bits per heavy atom. The molecule has 198 valence electrons. The molecule has 0 saturated carbocycles. The number of anilines is 3. The Morgan fingerprint density at radius 3 is 2.45 bits per heavy atom. The van der Waals surface area contributed by atoms with E-state index >= 15 is 0 Å². The normalized spacial score (nSPS) is 13.9. The number of carbonyl (C=O) groups excluding carboxylic acids is 1. The number of rotatable bonds is 5. The van der Waals surface area contributed by atoms with Crippen LogP contribution in [0.15, 0.2) is 48.7 Å². The zero-order chi connectivity index (χ0) is 26.3. The first-order chi connectivity index (χ1) is 17.7. The lowest BCUT2D eigenvalue weighted by atomic mass is 9.98. The first kappa shape index (κ1) is 27.6. The van der Waals surface area contributed by atoms with Crippen molar-refractivity contribution >= 4 is 57.9 Å². The number of halogens is 3. The summed E-state index contributed by atoms with van der Waals surface area (Å²) in [7, 11) is 2.11. The molecule has 1 saturated heterocycles. The van der Waals surface area contributed by atoms with Crippen molar-refractivity contribution in [2.75, 3.05) is 43.4 Å². The van der Waals surface area contributed by atoms with Gasteiger partial charge in [-0.05, 0) is 68.4 Å². The Morgan fingerprint density at radius 2 is 1.82 bits per heavy atom. The second-order valence-corrected chi connectivity index (χ2v) is 9.75. The molecule has 0 unspecified atom stereocenters. The van der Waals surface area contributed by atoms with Crippen molar-refractivity contribution in [2.24, 2.45) is 0 Å². The number of Topliss-reactive ketones (excluding diaryl/α,β-unsaturated/α-hetero) is 1. The fourth-order valence-corrected chi connectivity index (χ4v) is 4.89.